The van der Waals surface area contributed by atoms with Gasteiger partial charge in [-0.3, -0.25) is 20.4 Å². The summed E-state index contributed by atoms with van der Waals surface area (Å²) in [5.41, 5.74) is 6.19. The van der Waals surface area contributed by atoms with Gasteiger partial charge in [-0.15, -0.1) is 0 Å². The maximum Gasteiger partial charge on any atom is 0.269 e. The Bertz CT molecular complexity index is 712. The van der Waals surface area contributed by atoms with E-state index in [2.05, 4.69) is 10.9 Å². The Morgan fingerprint density at radius 3 is 2.24 bits per heavy atom. The monoisotopic (exact) mass is 360 g/mol. The fourth-order valence-electron chi connectivity index (χ4n) is 2.07. The Kier molecular flexibility index (Phi) is 6.83. The van der Waals surface area contributed by atoms with Gasteiger partial charge in [-0.2, -0.15) is 0 Å². The van der Waals surface area contributed by atoms with Gasteiger partial charge in [0.15, 0.2) is 0 Å². The summed E-state index contributed by atoms with van der Waals surface area (Å²) >= 11 is 5.83. The van der Waals surface area contributed by atoms with E-state index in [1.165, 1.54) is 0 Å². The summed E-state index contributed by atoms with van der Waals surface area (Å²) in [5, 5.41) is 0.656. The van der Waals surface area contributed by atoms with E-state index in [1.807, 2.05) is 13.8 Å². The number of benzene rings is 2. The summed E-state index contributed by atoms with van der Waals surface area (Å²) in [7, 11) is 0. The first kappa shape index (κ1) is 18.8. The van der Waals surface area contributed by atoms with Gasteiger partial charge in [-0.05, 0) is 47.9 Å². The summed E-state index contributed by atoms with van der Waals surface area (Å²) in [4.78, 5) is 23.5. The third-order valence-electron chi connectivity index (χ3n) is 3.34. The Balaban J connectivity index is 1.83. The summed E-state index contributed by atoms with van der Waals surface area (Å²) < 4.78 is 5.65. The number of hydrogen-bond donors (Lipinski definition) is 2. The molecule has 0 saturated heterocycles. The van der Waals surface area contributed by atoms with E-state index < -0.39 is 0 Å². The molecule has 0 unspecified atom stereocenters. The van der Waals surface area contributed by atoms with Gasteiger partial charge in [0, 0.05) is 17.0 Å². The zero-order valence-corrected chi connectivity index (χ0v) is 15.0. The van der Waals surface area contributed by atoms with Crippen molar-refractivity contribution in [3.63, 3.8) is 0 Å². The Labute approximate surface area is 152 Å². The lowest BCUT2D eigenvalue weighted by molar-refractivity contribution is -0.122. The average molecular weight is 361 g/mol. The predicted molar refractivity (Wildman–Crippen MR) is 97.3 cm³/mol. The number of carbonyl (C=O) groups is 2. The van der Waals surface area contributed by atoms with Gasteiger partial charge in [0.25, 0.3) is 5.91 Å². The lowest BCUT2D eigenvalue weighted by atomic mass is 10.1. The van der Waals surface area contributed by atoms with Gasteiger partial charge in [-0.25, -0.2) is 0 Å². The number of nitrogens with one attached hydrogen (secondary N) is 2. The van der Waals surface area contributed by atoms with E-state index in [1.54, 1.807) is 48.5 Å². The van der Waals surface area contributed by atoms with Crippen LogP contribution in [0, 0.1) is 5.92 Å². The van der Waals surface area contributed by atoms with Crippen LogP contribution in [0.4, 0.5) is 0 Å². The highest BCUT2D eigenvalue weighted by Crippen LogP contribution is 2.17. The molecule has 0 fully saturated rings. The van der Waals surface area contributed by atoms with E-state index >= 15 is 0 Å². The molecule has 0 spiro atoms. The molecule has 0 aliphatic carbocycles. The molecule has 5 nitrogen and oxygen atoms in total. The number of carbonyl (C=O) groups excluding carboxylic acids is 2. The lowest BCUT2D eigenvalue weighted by Crippen LogP contribution is -2.42. The normalized spacial score (nSPS) is 10.4. The molecule has 2 amide bonds. The molecule has 2 rings (SSSR count). The van der Waals surface area contributed by atoms with Crippen LogP contribution >= 0.6 is 11.6 Å². The van der Waals surface area contributed by atoms with Crippen molar-refractivity contribution >= 4 is 23.4 Å². The number of hydrazine groups is 1. The van der Waals surface area contributed by atoms with Crippen LogP contribution in [-0.2, 0) is 11.4 Å². The molecule has 0 aromatic heterocycles. The third kappa shape index (κ3) is 6.47. The van der Waals surface area contributed by atoms with Crippen molar-refractivity contribution < 1.29 is 14.3 Å². The number of halogens is 1. The van der Waals surface area contributed by atoms with Crippen molar-refractivity contribution in [2.45, 2.75) is 26.9 Å². The van der Waals surface area contributed by atoms with Gasteiger partial charge in [-0.1, -0.05) is 37.6 Å². The fraction of sp³-hybridized carbons (Fsp3) is 0.263. The Morgan fingerprint density at radius 1 is 1.00 bits per heavy atom. The highest BCUT2D eigenvalue weighted by Gasteiger charge is 2.08. The Hall–Kier alpha value is -2.53. The van der Waals surface area contributed by atoms with Crippen LogP contribution in [0.15, 0.2) is 48.5 Å². The van der Waals surface area contributed by atoms with Crippen molar-refractivity contribution in [2.75, 3.05) is 0 Å². The molecule has 0 aliphatic heterocycles. The topological polar surface area (TPSA) is 67.4 Å². The van der Waals surface area contributed by atoms with Crippen LogP contribution < -0.4 is 15.6 Å². The van der Waals surface area contributed by atoms with E-state index in [0.29, 0.717) is 23.6 Å². The third-order valence-corrected chi connectivity index (χ3v) is 3.60. The summed E-state index contributed by atoms with van der Waals surface area (Å²) in [6, 6.07) is 14.1. The maximum absolute atomic E-state index is 12.0. The minimum Gasteiger partial charge on any atom is -0.489 e. The Morgan fingerprint density at radius 2 is 1.64 bits per heavy atom. The van der Waals surface area contributed by atoms with Crippen molar-refractivity contribution in [3.8, 4) is 5.75 Å². The second-order valence-corrected chi connectivity index (χ2v) is 6.48. The minimum atomic E-state index is -0.359. The SMILES string of the molecule is CC(C)CC(=O)NNC(=O)c1ccc(COc2ccc(Cl)cc2)cc1. The molecule has 0 atom stereocenters. The largest absolute Gasteiger partial charge is 0.489 e. The highest BCUT2D eigenvalue weighted by molar-refractivity contribution is 6.30. The van der Waals surface area contributed by atoms with Crippen LogP contribution in [0.1, 0.15) is 36.2 Å². The molecule has 132 valence electrons. The minimum absolute atomic E-state index is 0.212. The zero-order chi connectivity index (χ0) is 18.2. The molecule has 0 saturated carbocycles. The molecule has 6 heteroatoms. The fourth-order valence-corrected chi connectivity index (χ4v) is 2.20. The predicted octanol–water partition coefficient (Wildman–Crippen LogP) is 3.73. The molecule has 0 heterocycles. The summed E-state index contributed by atoms with van der Waals surface area (Å²) in [6.45, 7) is 4.26. The molecule has 25 heavy (non-hydrogen) atoms. The maximum atomic E-state index is 12.0. The van der Waals surface area contributed by atoms with Gasteiger partial charge in [0.2, 0.25) is 5.91 Å². The standard InChI is InChI=1S/C19H21ClN2O3/c1-13(2)11-18(23)21-22-19(24)15-5-3-14(4-6-15)12-25-17-9-7-16(20)8-10-17/h3-10,13H,11-12H2,1-2H3,(H,21,23)(H,22,24). The van der Waals surface area contributed by atoms with Crippen LogP contribution in [0.3, 0.4) is 0 Å². The van der Waals surface area contributed by atoms with E-state index in [4.69, 9.17) is 16.3 Å². The lowest BCUT2D eigenvalue weighted by Gasteiger charge is -2.10. The average Bonchev–Trinajstić information content (AvgIpc) is 2.59. The van der Waals surface area contributed by atoms with Crippen molar-refractivity contribution in [2.24, 2.45) is 5.92 Å². The summed E-state index contributed by atoms with van der Waals surface area (Å²) in [5.74, 6) is 0.384. The van der Waals surface area contributed by atoms with E-state index in [0.717, 1.165) is 11.3 Å². The number of amides is 2. The van der Waals surface area contributed by atoms with Gasteiger partial charge in [0.1, 0.15) is 12.4 Å². The van der Waals surface area contributed by atoms with Gasteiger partial charge < -0.3 is 4.74 Å². The zero-order valence-electron chi connectivity index (χ0n) is 14.2. The van der Waals surface area contributed by atoms with E-state index in [9.17, 15) is 9.59 Å². The van der Waals surface area contributed by atoms with Crippen molar-refractivity contribution in [3.05, 3.63) is 64.7 Å². The number of ether oxygens (including phenoxy) is 1. The number of rotatable bonds is 6. The van der Waals surface area contributed by atoms with Crippen LogP contribution in [0.25, 0.3) is 0 Å². The molecular weight excluding hydrogens is 340 g/mol. The van der Waals surface area contributed by atoms with Gasteiger partial charge in [0.05, 0.1) is 0 Å². The molecule has 0 radical (unpaired) electrons. The second-order valence-electron chi connectivity index (χ2n) is 6.04. The first-order valence-electron chi connectivity index (χ1n) is 8.00. The van der Waals surface area contributed by atoms with Crippen molar-refractivity contribution in [1.29, 1.82) is 0 Å². The van der Waals surface area contributed by atoms with Crippen LogP contribution in [0.5, 0.6) is 5.75 Å². The van der Waals surface area contributed by atoms with Crippen molar-refractivity contribution in [1.82, 2.24) is 10.9 Å². The molecule has 2 aromatic carbocycles. The van der Waals surface area contributed by atoms with Crippen LogP contribution in [0.2, 0.25) is 5.02 Å². The van der Waals surface area contributed by atoms with Gasteiger partial charge >= 0.3 is 0 Å². The van der Waals surface area contributed by atoms with E-state index in [-0.39, 0.29) is 17.7 Å². The smallest absolute Gasteiger partial charge is 0.269 e. The molecule has 0 bridgehead atoms. The highest BCUT2D eigenvalue weighted by atomic mass is 35.5. The molecule has 0 aliphatic rings. The number of hydrogen-bond acceptors (Lipinski definition) is 3. The first-order valence-corrected chi connectivity index (χ1v) is 8.38. The second kappa shape index (κ2) is 9.08. The molecule has 2 N–H and O–H groups in total. The first-order chi connectivity index (χ1) is 11.9. The van der Waals surface area contributed by atoms with Crippen LogP contribution in [-0.4, -0.2) is 11.8 Å². The molecular formula is C19H21ClN2O3. The molecule has 2 aromatic rings. The summed E-state index contributed by atoms with van der Waals surface area (Å²) in [6.07, 6.45) is 0.362. The quantitative estimate of drug-likeness (QED) is 0.771.